The summed E-state index contributed by atoms with van der Waals surface area (Å²) in [5.74, 6) is 0.943. The number of nitrogens with one attached hydrogen (secondary N) is 1. The highest BCUT2D eigenvalue weighted by molar-refractivity contribution is 5.49. The molecule has 3 heteroatoms. The second-order valence-corrected chi connectivity index (χ2v) is 5.82. The molecule has 0 aromatic heterocycles. The third-order valence-electron chi connectivity index (χ3n) is 3.37. The summed E-state index contributed by atoms with van der Waals surface area (Å²) in [6.45, 7) is 8.03. The maximum atomic E-state index is 5.75. The topological polar surface area (TPSA) is 30.5 Å². The number of ether oxygens (including phenoxy) is 2. The molecule has 3 nitrogen and oxygen atoms in total. The lowest BCUT2D eigenvalue weighted by atomic mass is 9.94. The van der Waals surface area contributed by atoms with Gasteiger partial charge in [-0.2, -0.15) is 0 Å². The van der Waals surface area contributed by atoms with Crippen molar-refractivity contribution in [3.63, 3.8) is 0 Å². The highest BCUT2D eigenvalue weighted by atomic mass is 16.5. The Labute approximate surface area is 116 Å². The van der Waals surface area contributed by atoms with Gasteiger partial charge in [0.15, 0.2) is 0 Å². The zero-order valence-corrected chi connectivity index (χ0v) is 12.2. The summed E-state index contributed by atoms with van der Waals surface area (Å²) < 4.78 is 11.4. The van der Waals surface area contributed by atoms with Crippen LogP contribution >= 0.6 is 0 Å². The monoisotopic (exact) mass is 263 g/mol. The van der Waals surface area contributed by atoms with Crippen molar-refractivity contribution in [2.45, 2.75) is 51.7 Å². The van der Waals surface area contributed by atoms with E-state index in [1.54, 1.807) is 0 Å². The zero-order chi connectivity index (χ0) is 13.7. The fourth-order valence-corrected chi connectivity index (χ4v) is 2.49. The Bertz CT molecular complexity index is 403. The van der Waals surface area contributed by atoms with Gasteiger partial charge in [-0.3, -0.25) is 0 Å². The van der Waals surface area contributed by atoms with Gasteiger partial charge in [0.25, 0.3) is 0 Å². The second-order valence-electron chi connectivity index (χ2n) is 5.82. The molecule has 19 heavy (non-hydrogen) atoms. The van der Waals surface area contributed by atoms with Crippen LogP contribution < -0.4 is 10.1 Å². The molecule has 1 aromatic rings. The minimum atomic E-state index is -0.0216. The van der Waals surface area contributed by atoms with Gasteiger partial charge in [0, 0.05) is 24.4 Å². The highest BCUT2D eigenvalue weighted by Gasteiger charge is 2.28. The summed E-state index contributed by atoms with van der Waals surface area (Å²) in [4.78, 5) is 0. The predicted molar refractivity (Wildman–Crippen MR) is 78.9 cm³/mol. The molecule has 1 aliphatic rings. The third kappa shape index (κ3) is 4.43. The molecule has 1 fully saturated rings. The summed E-state index contributed by atoms with van der Waals surface area (Å²) in [5, 5.41) is 3.59. The molecule has 1 atom stereocenters. The summed E-state index contributed by atoms with van der Waals surface area (Å²) in [7, 11) is 0. The molecule has 106 valence electrons. The van der Waals surface area contributed by atoms with Crippen molar-refractivity contribution < 1.29 is 9.47 Å². The Morgan fingerprint density at radius 1 is 1.42 bits per heavy atom. The molecule has 2 rings (SSSR count). The number of benzene rings is 1. The number of anilines is 1. The van der Waals surface area contributed by atoms with Crippen molar-refractivity contribution in [2.75, 3.05) is 18.5 Å². The van der Waals surface area contributed by atoms with Crippen LogP contribution in [0.4, 0.5) is 5.69 Å². The summed E-state index contributed by atoms with van der Waals surface area (Å²) in [5.41, 5.74) is 1.11. The average molecular weight is 263 g/mol. The summed E-state index contributed by atoms with van der Waals surface area (Å²) in [6.07, 6.45) is 3.13. The van der Waals surface area contributed by atoms with Crippen LogP contribution in [0.2, 0.25) is 0 Å². The lowest BCUT2D eigenvalue weighted by Gasteiger charge is -2.36. The first-order chi connectivity index (χ1) is 9.09. The molecule has 0 radical (unpaired) electrons. The van der Waals surface area contributed by atoms with Gasteiger partial charge in [0.05, 0.1) is 12.2 Å². The van der Waals surface area contributed by atoms with E-state index in [0.29, 0.717) is 6.04 Å². The van der Waals surface area contributed by atoms with Crippen LogP contribution in [0.5, 0.6) is 5.75 Å². The first-order valence-corrected chi connectivity index (χ1v) is 7.22. The van der Waals surface area contributed by atoms with Crippen molar-refractivity contribution >= 4 is 5.69 Å². The van der Waals surface area contributed by atoms with Crippen molar-refractivity contribution in [1.82, 2.24) is 0 Å². The highest BCUT2D eigenvalue weighted by Crippen LogP contribution is 2.27. The van der Waals surface area contributed by atoms with E-state index in [1.807, 2.05) is 12.1 Å². The number of hydrogen-bond donors (Lipinski definition) is 1. The molecule has 1 heterocycles. The Morgan fingerprint density at radius 3 is 3.00 bits per heavy atom. The fourth-order valence-electron chi connectivity index (χ4n) is 2.49. The van der Waals surface area contributed by atoms with Crippen LogP contribution in [0, 0.1) is 0 Å². The van der Waals surface area contributed by atoms with Gasteiger partial charge >= 0.3 is 0 Å². The van der Waals surface area contributed by atoms with Crippen molar-refractivity contribution in [3.05, 3.63) is 24.3 Å². The minimum Gasteiger partial charge on any atom is -0.494 e. The molecule has 0 aliphatic carbocycles. The van der Waals surface area contributed by atoms with Crippen LogP contribution in [-0.4, -0.2) is 24.9 Å². The zero-order valence-electron chi connectivity index (χ0n) is 12.2. The van der Waals surface area contributed by atoms with E-state index in [9.17, 15) is 0 Å². The molecule has 1 N–H and O–H groups in total. The maximum Gasteiger partial charge on any atom is 0.121 e. The maximum absolute atomic E-state index is 5.75. The number of rotatable bonds is 5. The molecule has 1 unspecified atom stereocenters. The van der Waals surface area contributed by atoms with Crippen LogP contribution in [-0.2, 0) is 4.74 Å². The van der Waals surface area contributed by atoms with E-state index in [0.717, 1.165) is 43.9 Å². The Balaban J connectivity index is 1.94. The van der Waals surface area contributed by atoms with Crippen LogP contribution in [0.3, 0.4) is 0 Å². The Kier molecular flexibility index (Phi) is 4.70. The van der Waals surface area contributed by atoms with Crippen molar-refractivity contribution in [1.29, 1.82) is 0 Å². The fraction of sp³-hybridized carbons (Fsp3) is 0.625. The van der Waals surface area contributed by atoms with Crippen LogP contribution in [0.1, 0.15) is 40.0 Å². The molecule has 0 saturated carbocycles. The van der Waals surface area contributed by atoms with Gasteiger partial charge in [-0.25, -0.2) is 0 Å². The van der Waals surface area contributed by atoms with E-state index in [1.165, 1.54) is 0 Å². The minimum absolute atomic E-state index is 0.0216. The first kappa shape index (κ1) is 14.2. The Hall–Kier alpha value is -1.22. The third-order valence-corrected chi connectivity index (χ3v) is 3.37. The SMILES string of the molecule is CCCOc1cccc(NC2CCOC(C)(C)C2)c1. The average Bonchev–Trinajstić information content (AvgIpc) is 2.35. The summed E-state index contributed by atoms with van der Waals surface area (Å²) >= 11 is 0. The van der Waals surface area contributed by atoms with E-state index in [2.05, 4.69) is 38.2 Å². The molecule has 0 bridgehead atoms. The lowest BCUT2D eigenvalue weighted by Crippen LogP contribution is -2.40. The molecular formula is C16H25NO2. The van der Waals surface area contributed by atoms with Gasteiger partial charge in [-0.1, -0.05) is 13.0 Å². The van der Waals surface area contributed by atoms with E-state index < -0.39 is 0 Å². The van der Waals surface area contributed by atoms with E-state index >= 15 is 0 Å². The molecule has 1 aromatic carbocycles. The Morgan fingerprint density at radius 2 is 2.26 bits per heavy atom. The van der Waals surface area contributed by atoms with Crippen molar-refractivity contribution in [2.24, 2.45) is 0 Å². The normalized spacial score (nSPS) is 21.9. The molecule has 1 saturated heterocycles. The van der Waals surface area contributed by atoms with Gasteiger partial charge in [-0.05, 0) is 45.2 Å². The standard InChI is InChI=1S/C16H25NO2/c1-4-9-18-15-7-5-6-13(11-15)17-14-8-10-19-16(2,3)12-14/h5-7,11,14,17H,4,8-10,12H2,1-3H3. The molecule has 0 spiro atoms. The largest absolute Gasteiger partial charge is 0.494 e. The van der Waals surface area contributed by atoms with Crippen LogP contribution in [0.25, 0.3) is 0 Å². The van der Waals surface area contributed by atoms with Gasteiger partial charge in [0.1, 0.15) is 5.75 Å². The quantitative estimate of drug-likeness (QED) is 0.875. The van der Waals surface area contributed by atoms with Crippen LogP contribution in [0.15, 0.2) is 24.3 Å². The van der Waals surface area contributed by atoms with E-state index in [4.69, 9.17) is 9.47 Å². The molecule has 1 aliphatic heterocycles. The smallest absolute Gasteiger partial charge is 0.121 e. The molecular weight excluding hydrogens is 238 g/mol. The van der Waals surface area contributed by atoms with Gasteiger partial charge < -0.3 is 14.8 Å². The van der Waals surface area contributed by atoms with E-state index in [-0.39, 0.29) is 5.60 Å². The van der Waals surface area contributed by atoms with Crippen molar-refractivity contribution in [3.8, 4) is 5.75 Å². The predicted octanol–water partition coefficient (Wildman–Crippen LogP) is 3.84. The number of hydrogen-bond acceptors (Lipinski definition) is 3. The van der Waals surface area contributed by atoms with Gasteiger partial charge in [0.2, 0.25) is 0 Å². The molecule has 0 amide bonds. The summed E-state index contributed by atoms with van der Waals surface area (Å²) in [6, 6.07) is 8.71. The second kappa shape index (κ2) is 6.29. The first-order valence-electron chi connectivity index (χ1n) is 7.22. The lowest BCUT2D eigenvalue weighted by molar-refractivity contribution is -0.0553. The van der Waals surface area contributed by atoms with Gasteiger partial charge in [-0.15, -0.1) is 0 Å².